The lowest BCUT2D eigenvalue weighted by molar-refractivity contribution is 0.195. The molecule has 0 aliphatic rings. The zero-order valence-corrected chi connectivity index (χ0v) is 19.1. The van der Waals surface area contributed by atoms with E-state index < -0.39 is 11.6 Å². The van der Waals surface area contributed by atoms with Gasteiger partial charge in [-0.3, -0.25) is 0 Å². The summed E-state index contributed by atoms with van der Waals surface area (Å²) >= 11 is 1.59. The number of hydrogen-bond donors (Lipinski definition) is 2. The van der Waals surface area contributed by atoms with Gasteiger partial charge in [0.05, 0.1) is 0 Å². The second kappa shape index (κ2) is 11.0. The molecule has 0 fully saturated rings. The largest absolute Gasteiger partial charge is 0.450 e. The number of methoxy groups -OCH3 is 1. The van der Waals surface area contributed by atoms with Crippen LogP contribution < -0.4 is 10.1 Å². The minimum absolute atomic E-state index is 0.123. The van der Waals surface area contributed by atoms with Crippen LogP contribution in [0.1, 0.15) is 13.3 Å². The minimum atomic E-state index is -0.819. The number of aromatic amines is 1. The predicted molar refractivity (Wildman–Crippen MR) is 123 cm³/mol. The third-order valence-electron chi connectivity index (χ3n) is 4.64. The fraction of sp³-hybridized carbons (Fsp3) is 0.227. The molecule has 1 aromatic carbocycles. The number of pyridine rings is 2. The molecule has 0 saturated carbocycles. The van der Waals surface area contributed by atoms with E-state index >= 15 is 0 Å². The van der Waals surface area contributed by atoms with Gasteiger partial charge in [0.25, 0.3) is 0 Å². The van der Waals surface area contributed by atoms with Gasteiger partial charge in [-0.25, -0.2) is 23.8 Å². The third kappa shape index (κ3) is 6.02. The zero-order valence-electron chi connectivity index (χ0n) is 18.3. The van der Waals surface area contributed by atoms with Gasteiger partial charge >= 0.3 is 0 Å². The molecule has 0 bridgehead atoms. The van der Waals surface area contributed by atoms with Gasteiger partial charge in [0.1, 0.15) is 11.6 Å². The first-order valence-corrected chi connectivity index (χ1v) is 11.2. The molecule has 12 heteroatoms. The van der Waals surface area contributed by atoms with Gasteiger partial charge in [-0.05, 0) is 47.2 Å². The van der Waals surface area contributed by atoms with E-state index in [1.807, 2.05) is 0 Å². The Hall–Kier alpha value is -3.64. The normalized spacial score (nSPS) is 11.9. The molecule has 2 N–H and O–H groups in total. The van der Waals surface area contributed by atoms with E-state index in [0.717, 1.165) is 23.4 Å². The maximum Gasteiger partial charge on any atom is 0.180 e. The summed E-state index contributed by atoms with van der Waals surface area (Å²) in [5.41, 5.74) is 0.699. The summed E-state index contributed by atoms with van der Waals surface area (Å²) in [6.45, 7) is 2.71. The fourth-order valence-electron chi connectivity index (χ4n) is 2.92. The number of anilines is 2. The van der Waals surface area contributed by atoms with Crippen molar-refractivity contribution in [3.05, 3.63) is 60.4 Å². The van der Waals surface area contributed by atoms with Crippen molar-refractivity contribution in [2.45, 2.75) is 23.5 Å². The molecule has 0 saturated heterocycles. The smallest absolute Gasteiger partial charge is 0.180 e. The lowest BCUT2D eigenvalue weighted by Crippen LogP contribution is -2.03. The van der Waals surface area contributed by atoms with Gasteiger partial charge in [-0.1, -0.05) is 6.92 Å². The van der Waals surface area contributed by atoms with Gasteiger partial charge in [0, 0.05) is 47.9 Å². The van der Waals surface area contributed by atoms with Crippen LogP contribution in [0.15, 0.2) is 53.7 Å². The standard InChI is InChI=1S/C22H21F2N7O2S/c1-13(7-8-32-2)34-16-10-19(33-18-5-4-15(23)9-17(18)24)22(26-12-16)27-20-6-3-14(11-25-20)21-28-30-31-29-21/h3-6,9-13H,7-8H2,1-2H3,(H,25,26,27)(H,28,29,30,31). The Morgan fingerprint density at radius 3 is 2.68 bits per heavy atom. The highest BCUT2D eigenvalue weighted by Gasteiger charge is 2.15. The maximum absolute atomic E-state index is 14.3. The summed E-state index contributed by atoms with van der Waals surface area (Å²) in [4.78, 5) is 9.63. The maximum atomic E-state index is 14.3. The third-order valence-corrected chi connectivity index (χ3v) is 5.77. The molecule has 0 amide bonds. The van der Waals surface area contributed by atoms with Crippen LogP contribution in [-0.2, 0) is 4.74 Å². The van der Waals surface area contributed by atoms with Crippen LogP contribution in [0.25, 0.3) is 11.4 Å². The Balaban J connectivity index is 1.59. The van der Waals surface area contributed by atoms with Crippen molar-refractivity contribution in [2.75, 3.05) is 19.0 Å². The molecule has 34 heavy (non-hydrogen) atoms. The SMILES string of the molecule is COCCC(C)Sc1cnc(Nc2ccc(-c3nnn[nH]3)cn2)c(Oc2ccc(F)cc2F)c1. The second-order valence-electron chi connectivity index (χ2n) is 7.21. The molecule has 1 atom stereocenters. The summed E-state index contributed by atoms with van der Waals surface area (Å²) in [6, 6.07) is 8.37. The molecule has 3 aromatic heterocycles. The molecule has 9 nitrogen and oxygen atoms in total. The van der Waals surface area contributed by atoms with Gasteiger partial charge in [-0.15, -0.1) is 16.9 Å². The zero-order chi connectivity index (χ0) is 23.9. The van der Waals surface area contributed by atoms with Gasteiger partial charge in [0.15, 0.2) is 29.0 Å². The van der Waals surface area contributed by atoms with Gasteiger partial charge in [0.2, 0.25) is 0 Å². The lowest BCUT2D eigenvalue weighted by Gasteiger charge is -2.15. The minimum Gasteiger partial charge on any atom is -0.450 e. The number of benzene rings is 1. The molecule has 0 radical (unpaired) electrons. The van der Waals surface area contributed by atoms with Crippen molar-refractivity contribution < 1.29 is 18.3 Å². The average Bonchev–Trinajstić information content (AvgIpc) is 3.37. The van der Waals surface area contributed by atoms with Gasteiger partial charge in [-0.2, -0.15) is 0 Å². The van der Waals surface area contributed by atoms with Crippen LogP contribution in [0.5, 0.6) is 11.5 Å². The number of halogens is 2. The summed E-state index contributed by atoms with van der Waals surface area (Å²) in [5.74, 6) is -0.0932. The van der Waals surface area contributed by atoms with Crippen LogP contribution in [0, 0.1) is 11.6 Å². The van der Waals surface area contributed by atoms with E-state index in [0.29, 0.717) is 29.6 Å². The number of nitrogens with zero attached hydrogens (tertiary/aromatic N) is 5. The first-order valence-electron chi connectivity index (χ1n) is 10.3. The molecule has 0 aliphatic carbocycles. The van der Waals surface area contributed by atoms with Crippen molar-refractivity contribution in [3.8, 4) is 22.9 Å². The number of hydrogen-bond acceptors (Lipinski definition) is 9. The molecule has 1 unspecified atom stereocenters. The number of tetrazole rings is 1. The molecule has 3 heterocycles. The Morgan fingerprint density at radius 2 is 1.97 bits per heavy atom. The average molecular weight is 486 g/mol. The fourth-order valence-corrected chi connectivity index (χ4v) is 3.89. The molecule has 176 valence electrons. The first kappa shape index (κ1) is 23.5. The monoisotopic (exact) mass is 485 g/mol. The van der Waals surface area contributed by atoms with Crippen molar-refractivity contribution in [2.24, 2.45) is 0 Å². The highest BCUT2D eigenvalue weighted by Crippen LogP contribution is 2.36. The first-order chi connectivity index (χ1) is 16.5. The Labute approximate surface area is 198 Å². The predicted octanol–water partition coefficient (Wildman–Crippen LogP) is 4.99. The Kier molecular flexibility index (Phi) is 7.60. The summed E-state index contributed by atoms with van der Waals surface area (Å²) < 4.78 is 38.5. The molecule has 0 spiro atoms. The van der Waals surface area contributed by atoms with E-state index in [4.69, 9.17) is 9.47 Å². The van der Waals surface area contributed by atoms with Crippen molar-refractivity contribution in [1.29, 1.82) is 0 Å². The number of nitrogens with one attached hydrogen (secondary N) is 2. The quantitative estimate of drug-likeness (QED) is 0.300. The van der Waals surface area contributed by atoms with E-state index in [2.05, 4.69) is 42.8 Å². The van der Waals surface area contributed by atoms with Crippen LogP contribution in [0.2, 0.25) is 0 Å². The summed E-state index contributed by atoms with van der Waals surface area (Å²) in [6.07, 6.45) is 4.13. The van der Waals surface area contributed by atoms with E-state index in [1.54, 1.807) is 49.5 Å². The number of H-pyrrole nitrogens is 1. The van der Waals surface area contributed by atoms with Crippen LogP contribution in [0.4, 0.5) is 20.4 Å². The number of thioether (sulfide) groups is 1. The van der Waals surface area contributed by atoms with E-state index in [-0.39, 0.29) is 16.7 Å². The highest BCUT2D eigenvalue weighted by atomic mass is 32.2. The molecular weight excluding hydrogens is 464 g/mol. The van der Waals surface area contributed by atoms with Crippen molar-refractivity contribution in [3.63, 3.8) is 0 Å². The van der Waals surface area contributed by atoms with Crippen LogP contribution >= 0.6 is 11.8 Å². The van der Waals surface area contributed by atoms with Gasteiger partial charge < -0.3 is 14.8 Å². The molecular formula is C22H21F2N7O2S. The lowest BCUT2D eigenvalue weighted by atomic mass is 10.2. The molecule has 0 aliphatic heterocycles. The topological polar surface area (TPSA) is 111 Å². The number of rotatable bonds is 10. The highest BCUT2D eigenvalue weighted by molar-refractivity contribution is 7.99. The number of aromatic nitrogens is 6. The molecule has 4 rings (SSSR count). The number of ether oxygens (including phenoxy) is 2. The van der Waals surface area contributed by atoms with Crippen LogP contribution in [-0.4, -0.2) is 49.6 Å². The van der Waals surface area contributed by atoms with Crippen LogP contribution in [0.3, 0.4) is 0 Å². The summed E-state index contributed by atoms with van der Waals surface area (Å²) in [7, 11) is 1.66. The van der Waals surface area contributed by atoms with Crippen molar-refractivity contribution in [1.82, 2.24) is 30.6 Å². The van der Waals surface area contributed by atoms with Crippen molar-refractivity contribution >= 4 is 23.4 Å². The van der Waals surface area contributed by atoms with E-state index in [1.165, 1.54) is 6.07 Å². The second-order valence-corrected chi connectivity index (χ2v) is 8.72. The Morgan fingerprint density at radius 1 is 1.09 bits per heavy atom. The van der Waals surface area contributed by atoms with E-state index in [9.17, 15) is 8.78 Å². The summed E-state index contributed by atoms with van der Waals surface area (Å²) in [5, 5.41) is 16.9. The Bertz CT molecular complexity index is 1230. The molecule has 4 aromatic rings.